The molecule has 1 fully saturated rings. The van der Waals surface area contributed by atoms with Crippen LogP contribution >= 0.6 is 11.8 Å². The number of thioether (sulfide) groups is 1. The van der Waals surface area contributed by atoms with Crippen molar-refractivity contribution in [2.24, 2.45) is 0 Å². The van der Waals surface area contributed by atoms with Gasteiger partial charge in [0.2, 0.25) is 5.91 Å². The number of carbonyl (C=O) groups is 2. The summed E-state index contributed by atoms with van der Waals surface area (Å²) in [4.78, 5) is 28.4. The van der Waals surface area contributed by atoms with E-state index in [1.807, 2.05) is 18.2 Å². The van der Waals surface area contributed by atoms with Gasteiger partial charge in [-0.15, -0.1) is 11.8 Å². The number of carbonyl (C=O) groups excluding carboxylic acids is 2. The largest absolute Gasteiger partial charge is 0.453 e. The van der Waals surface area contributed by atoms with E-state index in [4.69, 9.17) is 4.74 Å². The van der Waals surface area contributed by atoms with Crippen molar-refractivity contribution in [2.75, 3.05) is 52.1 Å². The van der Waals surface area contributed by atoms with Gasteiger partial charge >= 0.3 is 6.09 Å². The van der Waals surface area contributed by atoms with Crippen molar-refractivity contribution in [3.05, 3.63) is 30.3 Å². The third-order valence-corrected chi connectivity index (χ3v) is 4.91. The van der Waals surface area contributed by atoms with Gasteiger partial charge in [0.15, 0.2) is 0 Å². The smallest absolute Gasteiger partial charge is 0.409 e. The molecule has 1 aliphatic rings. The van der Waals surface area contributed by atoms with E-state index < -0.39 is 0 Å². The minimum Gasteiger partial charge on any atom is -0.453 e. The number of nitrogens with zero attached hydrogens (tertiary/aromatic N) is 2. The van der Waals surface area contributed by atoms with E-state index in [1.165, 1.54) is 12.0 Å². The Balaban J connectivity index is 1.53. The van der Waals surface area contributed by atoms with Gasteiger partial charge in [-0.3, -0.25) is 9.69 Å². The van der Waals surface area contributed by atoms with E-state index in [-0.39, 0.29) is 12.0 Å². The molecule has 0 radical (unpaired) electrons. The first-order valence-electron chi connectivity index (χ1n) is 8.19. The predicted octanol–water partition coefficient (Wildman–Crippen LogP) is 1.67. The monoisotopic (exact) mass is 351 g/mol. The molecule has 2 rings (SSSR count). The van der Waals surface area contributed by atoms with Crippen LogP contribution in [0.1, 0.15) is 6.42 Å². The van der Waals surface area contributed by atoms with Crippen LogP contribution in [0, 0.1) is 0 Å². The molecule has 1 saturated heterocycles. The van der Waals surface area contributed by atoms with Gasteiger partial charge in [0.1, 0.15) is 0 Å². The molecule has 1 aromatic rings. The van der Waals surface area contributed by atoms with E-state index in [9.17, 15) is 9.59 Å². The number of nitrogens with one attached hydrogen (secondary N) is 1. The maximum atomic E-state index is 11.8. The van der Waals surface area contributed by atoms with E-state index in [1.54, 1.807) is 16.7 Å². The number of hydrogen-bond donors (Lipinski definition) is 1. The lowest BCUT2D eigenvalue weighted by atomic mass is 10.3. The Morgan fingerprint density at radius 3 is 2.54 bits per heavy atom. The van der Waals surface area contributed by atoms with Crippen LogP contribution in [-0.2, 0) is 9.53 Å². The average Bonchev–Trinajstić information content (AvgIpc) is 2.62. The Hall–Kier alpha value is -1.73. The van der Waals surface area contributed by atoms with Gasteiger partial charge in [-0.2, -0.15) is 0 Å². The van der Waals surface area contributed by atoms with Crippen LogP contribution in [0.25, 0.3) is 0 Å². The topological polar surface area (TPSA) is 61.9 Å². The first kappa shape index (κ1) is 18.6. The summed E-state index contributed by atoms with van der Waals surface area (Å²) in [6.07, 6.45) is 0.259. The molecule has 7 heteroatoms. The van der Waals surface area contributed by atoms with Crippen molar-refractivity contribution in [1.29, 1.82) is 0 Å². The Morgan fingerprint density at radius 2 is 1.88 bits per heavy atom. The summed E-state index contributed by atoms with van der Waals surface area (Å²) in [6, 6.07) is 10.1. The minimum atomic E-state index is -0.265. The average molecular weight is 351 g/mol. The van der Waals surface area contributed by atoms with Gasteiger partial charge in [-0.05, 0) is 12.1 Å². The molecule has 0 spiro atoms. The Bertz CT molecular complexity index is 519. The highest BCUT2D eigenvalue weighted by Crippen LogP contribution is 2.17. The zero-order valence-electron chi connectivity index (χ0n) is 14.1. The zero-order chi connectivity index (χ0) is 17.2. The molecule has 0 aromatic heterocycles. The van der Waals surface area contributed by atoms with Crippen LogP contribution in [0.5, 0.6) is 0 Å². The molecule has 1 aliphatic heterocycles. The Labute approximate surface area is 147 Å². The molecule has 0 bridgehead atoms. The van der Waals surface area contributed by atoms with Crippen molar-refractivity contribution in [3.63, 3.8) is 0 Å². The van der Waals surface area contributed by atoms with Crippen molar-refractivity contribution >= 4 is 23.8 Å². The molecule has 24 heavy (non-hydrogen) atoms. The summed E-state index contributed by atoms with van der Waals surface area (Å²) < 4.78 is 4.72. The van der Waals surface area contributed by atoms with E-state index >= 15 is 0 Å². The number of hydrogen-bond acceptors (Lipinski definition) is 5. The molecule has 0 atom stereocenters. The van der Waals surface area contributed by atoms with Gasteiger partial charge in [0.25, 0.3) is 0 Å². The number of methoxy groups -OCH3 is 1. The SMILES string of the molecule is COC(=O)N1CCN(CCNC(=O)CCSc2ccccc2)CC1. The van der Waals surface area contributed by atoms with Crippen molar-refractivity contribution in [2.45, 2.75) is 11.3 Å². The summed E-state index contributed by atoms with van der Waals surface area (Å²) >= 11 is 1.69. The fourth-order valence-corrected chi connectivity index (χ4v) is 3.38. The van der Waals surface area contributed by atoms with Gasteiger partial charge in [0.05, 0.1) is 7.11 Å². The molecule has 1 N–H and O–H groups in total. The maximum Gasteiger partial charge on any atom is 0.409 e. The van der Waals surface area contributed by atoms with Crippen LogP contribution in [0.4, 0.5) is 4.79 Å². The second kappa shape index (κ2) is 10.2. The molecule has 1 heterocycles. The maximum absolute atomic E-state index is 11.8. The van der Waals surface area contributed by atoms with Crippen LogP contribution in [0.3, 0.4) is 0 Å². The van der Waals surface area contributed by atoms with Crippen molar-refractivity contribution in [1.82, 2.24) is 15.1 Å². The summed E-state index contributed by atoms with van der Waals surface area (Å²) in [5.41, 5.74) is 0. The van der Waals surface area contributed by atoms with Crippen LogP contribution < -0.4 is 5.32 Å². The second-order valence-corrected chi connectivity index (χ2v) is 6.73. The van der Waals surface area contributed by atoms with Crippen molar-refractivity contribution < 1.29 is 14.3 Å². The summed E-state index contributed by atoms with van der Waals surface area (Å²) in [5.74, 6) is 0.875. The first-order chi connectivity index (χ1) is 11.7. The third-order valence-electron chi connectivity index (χ3n) is 3.90. The number of piperazine rings is 1. The van der Waals surface area contributed by atoms with Gasteiger partial charge in [-0.1, -0.05) is 18.2 Å². The van der Waals surface area contributed by atoms with Gasteiger partial charge in [0, 0.05) is 56.3 Å². The summed E-state index contributed by atoms with van der Waals surface area (Å²) in [7, 11) is 1.40. The minimum absolute atomic E-state index is 0.0895. The lowest BCUT2D eigenvalue weighted by molar-refractivity contribution is -0.120. The number of rotatable bonds is 7. The molecule has 6 nitrogen and oxygen atoms in total. The standard InChI is InChI=1S/C17H25N3O3S/c1-23-17(22)20-12-10-19(11-13-20)9-8-18-16(21)7-14-24-15-5-3-2-4-6-15/h2-6H,7-14H2,1H3,(H,18,21). The highest BCUT2D eigenvalue weighted by molar-refractivity contribution is 7.99. The fourth-order valence-electron chi connectivity index (χ4n) is 2.50. The zero-order valence-corrected chi connectivity index (χ0v) is 14.9. The van der Waals surface area contributed by atoms with Gasteiger partial charge in [-0.25, -0.2) is 4.79 Å². The summed E-state index contributed by atoms with van der Waals surface area (Å²) in [5, 5.41) is 2.96. The normalized spacial score (nSPS) is 15.1. The van der Waals surface area contributed by atoms with Crippen LogP contribution in [0.2, 0.25) is 0 Å². The lowest BCUT2D eigenvalue weighted by Gasteiger charge is -2.33. The molecule has 0 unspecified atom stereocenters. The highest BCUT2D eigenvalue weighted by Gasteiger charge is 2.20. The van der Waals surface area contributed by atoms with E-state index in [0.717, 1.165) is 25.4 Å². The molecule has 1 aromatic carbocycles. The third kappa shape index (κ3) is 6.41. The van der Waals surface area contributed by atoms with E-state index in [2.05, 4.69) is 22.3 Å². The number of benzene rings is 1. The number of ether oxygens (including phenoxy) is 1. The molecule has 132 valence electrons. The first-order valence-corrected chi connectivity index (χ1v) is 9.17. The molecule has 0 aliphatic carbocycles. The molecule has 2 amide bonds. The Kier molecular flexibility index (Phi) is 7.91. The van der Waals surface area contributed by atoms with Gasteiger partial charge < -0.3 is 15.0 Å². The second-order valence-electron chi connectivity index (χ2n) is 5.56. The lowest BCUT2D eigenvalue weighted by Crippen LogP contribution is -2.50. The van der Waals surface area contributed by atoms with Crippen LogP contribution in [-0.4, -0.2) is 73.9 Å². The van der Waals surface area contributed by atoms with Crippen molar-refractivity contribution in [3.8, 4) is 0 Å². The number of amides is 2. The molecular weight excluding hydrogens is 326 g/mol. The predicted molar refractivity (Wildman–Crippen MR) is 95.2 cm³/mol. The van der Waals surface area contributed by atoms with Crippen LogP contribution in [0.15, 0.2) is 35.2 Å². The molecular formula is C17H25N3O3S. The van der Waals surface area contributed by atoms with E-state index in [0.29, 0.717) is 26.1 Å². The quantitative estimate of drug-likeness (QED) is 0.757. The molecule has 0 saturated carbocycles. The Morgan fingerprint density at radius 1 is 1.17 bits per heavy atom. The highest BCUT2D eigenvalue weighted by atomic mass is 32.2. The fraction of sp³-hybridized carbons (Fsp3) is 0.529. The summed E-state index contributed by atoms with van der Waals surface area (Å²) in [6.45, 7) is 4.44.